The fraction of sp³-hybridized carbons (Fsp3) is 0.667. The Morgan fingerprint density at radius 2 is 2.04 bits per heavy atom. The van der Waals surface area contributed by atoms with Crippen LogP contribution in [-0.4, -0.2) is 72.7 Å². The van der Waals surface area contributed by atoms with Gasteiger partial charge in [0.05, 0.1) is 0 Å². The molecule has 1 amide bonds. The number of nitrogens with one attached hydrogen (secondary N) is 1. The van der Waals surface area contributed by atoms with Gasteiger partial charge in [-0.1, -0.05) is 6.92 Å². The lowest BCUT2D eigenvalue weighted by atomic mass is 9.90. The van der Waals surface area contributed by atoms with Gasteiger partial charge in [-0.15, -0.1) is 12.4 Å². The van der Waals surface area contributed by atoms with Gasteiger partial charge < -0.3 is 15.6 Å². The highest BCUT2D eigenvalue weighted by atomic mass is 35.5. The van der Waals surface area contributed by atoms with Crippen LogP contribution in [0.25, 0.3) is 0 Å². The molecule has 3 N–H and O–H groups in total. The number of nitrogens with two attached hydrogens (primary N) is 1. The van der Waals surface area contributed by atoms with E-state index in [1.807, 2.05) is 0 Å². The second-order valence-electron chi connectivity index (χ2n) is 6.76. The molecule has 0 bridgehead atoms. The molecule has 1 aromatic rings. The third-order valence-electron chi connectivity index (χ3n) is 4.83. The normalized spacial score (nSPS) is 25.0. The van der Waals surface area contributed by atoms with Crippen molar-refractivity contribution in [1.29, 1.82) is 0 Å². The highest BCUT2D eigenvalue weighted by Crippen LogP contribution is 2.30. The average molecular weight is 409 g/mol. The van der Waals surface area contributed by atoms with Crippen LogP contribution in [0, 0.1) is 5.41 Å². The highest BCUT2D eigenvalue weighted by Gasteiger charge is 2.36. The predicted octanol–water partition coefficient (Wildman–Crippen LogP) is 0.985. The summed E-state index contributed by atoms with van der Waals surface area (Å²) in [5.74, 6) is 1.45. The average Bonchev–Trinajstić information content (AvgIpc) is 3.23. The summed E-state index contributed by atoms with van der Waals surface area (Å²) >= 11 is 1.75. The maximum Gasteiger partial charge on any atom is 0.270 e. The minimum Gasteiger partial charge on any atom is -0.356 e. The van der Waals surface area contributed by atoms with Crippen molar-refractivity contribution in [3.63, 3.8) is 0 Å². The van der Waals surface area contributed by atoms with Gasteiger partial charge >= 0.3 is 0 Å². The first-order valence-electron chi connectivity index (χ1n) is 8.11. The van der Waals surface area contributed by atoms with Crippen molar-refractivity contribution in [3.8, 4) is 0 Å². The molecule has 2 aliphatic rings. The first-order valence-corrected chi connectivity index (χ1v) is 10.7. The van der Waals surface area contributed by atoms with Crippen LogP contribution in [0.15, 0.2) is 17.2 Å². The molecule has 0 spiro atoms. The molecule has 142 valence electrons. The predicted molar refractivity (Wildman–Crippen MR) is 102 cm³/mol. The number of sulfonamides is 1. The zero-order chi connectivity index (χ0) is 17.4. The maximum atomic E-state index is 12.6. The van der Waals surface area contributed by atoms with E-state index in [2.05, 4.69) is 11.9 Å². The molecule has 3 heterocycles. The summed E-state index contributed by atoms with van der Waals surface area (Å²) in [7, 11) is -3.53. The molecule has 3 rings (SSSR count). The second kappa shape index (κ2) is 7.87. The molecule has 7 nitrogen and oxygen atoms in total. The Bertz CT molecular complexity index is 718. The first-order chi connectivity index (χ1) is 11.4. The van der Waals surface area contributed by atoms with E-state index in [0.717, 1.165) is 17.9 Å². The number of carbonyl (C=O) groups excluding carboxylic acids is 1. The quantitative estimate of drug-likeness (QED) is 0.773. The van der Waals surface area contributed by atoms with E-state index in [1.54, 1.807) is 16.7 Å². The van der Waals surface area contributed by atoms with Gasteiger partial charge in [0.2, 0.25) is 10.0 Å². The van der Waals surface area contributed by atoms with Crippen molar-refractivity contribution in [1.82, 2.24) is 14.2 Å². The van der Waals surface area contributed by atoms with E-state index in [-0.39, 0.29) is 28.6 Å². The van der Waals surface area contributed by atoms with E-state index < -0.39 is 10.0 Å². The number of aromatic nitrogens is 1. The summed E-state index contributed by atoms with van der Waals surface area (Å²) in [5.41, 5.74) is 6.05. The van der Waals surface area contributed by atoms with Crippen LogP contribution in [0.3, 0.4) is 0 Å². The van der Waals surface area contributed by atoms with Crippen LogP contribution < -0.4 is 5.73 Å². The monoisotopic (exact) mass is 408 g/mol. The Labute approximate surface area is 159 Å². The number of hydrogen-bond acceptors (Lipinski definition) is 5. The van der Waals surface area contributed by atoms with Crippen molar-refractivity contribution >= 4 is 40.1 Å². The van der Waals surface area contributed by atoms with Gasteiger partial charge in [0.15, 0.2) is 0 Å². The molecule has 2 saturated heterocycles. The lowest BCUT2D eigenvalue weighted by molar-refractivity contribution is 0.0771. The Morgan fingerprint density at radius 3 is 2.64 bits per heavy atom. The van der Waals surface area contributed by atoms with Gasteiger partial charge in [0, 0.05) is 43.9 Å². The molecule has 25 heavy (non-hydrogen) atoms. The minimum atomic E-state index is -3.53. The van der Waals surface area contributed by atoms with E-state index in [0.29, 0.717) is 38.4 Å². The number of H-pyrrole nitrogens is 1. The van der Waals surface area contributed by atoms with E-state index >= 15 is 0 Å². The number of likely N-dealkylation sites (tertiary alicyclic amines) is 1. The van der Waals surface area contributed by atoms with Gasteiger partial charge in [-0.3, -0.25) is 4.79 Å². The fourth-order valence-electron chi connectivity index (χ4n) is 3.12. The lowest BCUT2D eigenvalue weighted by Crippen LogP contribution is -2.37. The molecule has 0 radical (unpaired) electrons. The van der Waals surface area contributed by atoms with Gasteiger partial charge in [0.25, 0.3) is 5.91 Å². The molecular weight excluding hydrogens is 384 g/mol. The molecule has 2 aliphatic heterocycles. The smallest absolute Gasteiger partial charge is 0.270 e. The maximum absolute atomic E-state index is 12.6. The fourth-order valence-corrected chi connectivity index (χ4v) is 5.69. The van der Waals surface area contributed by atoms with Gasteiger partial charge in [0.1, 0.15) is 10.6 Å². The number of amides is 1. The number of hydrogen-bond donors (Lipinski definition) is 2. The molecule has 1 atom stereocenters. The Kier molecular flexibility index (Phi) is 6.48. The van der Waals surface area contributed by atoms with Crippen LogP contribution in [-0.2, 0) is 10.0 Å². The summed E-state index contributed by atoms with van der Waals surface area (Å²) < 4.78 is 26.8. The SMILES string of the molecule is CC1(CN)CCN(C(=O)c2cc(S(=O)(=O)N3CCSCC3)c[nH]2)C1.Cl. The number of rotatable bonds is 4. The number of nitrogens with zero attached hydrogens (tertiary/aromatic N) is 2. The molecule has 0 aliphatic carbocycles. The molecule has 1 unspecified atom stereocenters. The molecular formula is C15H25ClN4O3S2. The number of halogens is 1. The van der Waals surface area contributed by atoms with Crippen LogP contribution in [0.4, 0.5) is 0 Å². The summed E-state index contributed by atoms with van der Waals surface area (Å²) in [6.07, 6.45) is 2.29. The lowest BCUT2D eigenvalue weighted by Gasteiger charge is -2.25. The molecule has 2 fully saturated rings. The molecule has 10 heteroatoms. The van der Waals surface area contributed by atoms with Gasteiger partial charge in [-0.05, 0) is 24.4 Å². The van der Waals surface area contributed by atoms with E-state index in [9.17, 15) is 13.2 Å². The van der Waals surface area contributed by atoms with Crippen molar-refractivity contribution in [3.05, 3.63) is 18.0 Å². The van der Waals surface area contributed by atoms with Crippen LogP contribution in [0.1, 0.15) is 23.8 Å². The Balaban J connectivity index is 0.00000225. The largest absolute Gasteiger partial charge is 0.356 e. The van der Waals surface area contributed by atoms with Crippen LogP contribution in [0.2, 0.25) is 0 Å². The van der Waals surface area contributed by atoms with Crippen molar-refractivity contribution < 1.29 is 13.2 Å². The zero-order valence-electron chi connectivity index (χ0n) is 14.2. The third kappa shape index (κ3) is 4.16. The van der Waals surface area contributed by atoms with E-state index in [1.165, 1.54) is 16.6 Å². The standard InChI is InChI=1S/C15H24N4O3S2.ClH/c1-15(10-16)2-3-18(11-15)14(20)13-8-12(9-17-13)24(21,22)19-4-6-23-7-5-19;/h8-9,17H,2-7,10-11,16H2,1H3;1H. The van der Waals surface area contributed by atoms with E-state index in [4.69, 9.17) is 5.73 Å². The second-order valence-corrected chi connectivity index (χ2v) is 9.92. The summed E-state index contributed by atoms with van der Waals surface area (Å²) in [6, 6.07) is 1.46. The molecule has 1 aromatic heterocycles. The van der Waals surface area contributed by atoms with Crippen molar-refractivity contribution in [2.45, 2.75) is 18.2 Å². The van der Waals surface area contributed by atoms with Crippen molar-refractivity contribution in [2.24, 2.45) is 11.1 Å². The first kappa shape index (κ1) is 20.6. The molecule has 0 aromatic carbocycles. The number of thioether (sulfide) groups is 1. The Morgan fingerprint density at radius 1 is 1.36 bits per heavy atom. The third-order valence-corrected chi connectivity index (χ3v) is 7.65. The zero-order valence-corrected chi connectivity index (χ0v) is 16.7. The summed E-state index contributed by atoms with van der Waals surface area (Å²) in [5, 5.41) is 0. The van der Waals surface area contributed by atoms with Gasteiger partial charge in [-0.2, -0.15) is 16.1 Å². The number of carbonyl (C=O) groups is 1. The van der Waals surface area contributed by atoms with Gasteiger partial charge in [-0.25, -0.2) is 8.42 Å². The van der Waals surface area contributed by atoms with Crippen LogP contribution >= 0.6 is 24.2 Å². The summed E-state index contributed by atoms with van der Waals surface area (Å²) in [4.78, 5) is 17.4. The topological polar surface area (TPSA) is 99.5 Å². The molecule has 0 saturated carbocycles. The summed E-state index contributed by atoms with van der Waals surface area (Å²) in [6.45, 7) is 4.89. The minimum absolute atomic E-state index is 0. The highest BCUT2D eigenvalue weighted by molar-refractivity contribution is 7.99. The van der Waals surface area contributed by atoms with Crippen molar-refractivity contribution in [2.75, 3.05) is 44.2 Å². The number of aromatic amines is 1. The van der Waals surface area contributed by atoms with Crippen LogP contribution in [0.5, 0.6) is 0 Å². The Hall–Kier alpha value is -0.740.